The number of H-pyrrole nitrogens is 1. The molecule has 1 heterocycles. The lowest BCUT2D eigenvalue weighted by atomic mass is 10.1. The molecule has 0 spiro atoms. The van der Waals surface area contributed by atoms with Crippen molar-refractivity contribution >= 4 is 16.9 Å². The van der Waals surface area contributed by atoms with E-state index < -0.39 is 0 Å². The van der Waals surface area contributed by atoms with Crippen LogP contribution in [0.1, 0.15) is 18.1 Å². The van der Waals surface area contributed by atoms with Crippen LogP contribution in [0.3, 0.4) is 0 Å². The second-order valence-corrected chi connectivity index (χ2v) is 7.19. The molecule has 0 aliphatic rings. The van der Waals surface area contributed by atoms with Gasteiger partial charge in [0.05, 0.1) is 20.3 Å². The summed E-state index contributed by atoms with van der Waals surface area (Å²) in [6.45, 7) is 3.05. The number of pyridine rings is 1. The Hall–Kier alpha value is -3.48. The highest BCUT2D eigenvalue weighted by molar-refractivity contribution is 5.80. The molecule has 0 bridgehead atoms. The maximum Gasteiger partial charge on any atom is 0.320 e. The summed E-state index contributed by atoms with van der Waals surface area (Å²) in [6, 6.07) is 14.7. The summed E-state index contributed by atoms with van der Waals surface area (Å²) < 4.78 is 10.8. The second kappa shape index (κ2) is 9.35. The number of rotatable bonds is 7. The van der Waals surface area contributed by atoms with E-state index in [0.717, 1.165) is 28.0 Å². The van der Waals surface area contributed by atoms with Crippen LogP contribution in [0.25, 0.3) is 10.9 Å². The number of ether oxygens (including phenoxy) is 2. The quantitative estimate of drug-likeness (QED) is 0.647. The van der Waals surface area contributed by atoms with Crippen LogP contribution >= 0.6 is 0 Å². The molecular formula is C23H27N3O4. The number of aromatic amines is 1. The van der Waals surface area contributed by atoms with E-state index in [0.29, 0.717) is 18.7 Å². The third-order valence-corrected chi connectivity index (χ3v) is 4.75. The molecule has 2 amide bonds. The molecule has 7 heteroatoms. The van der Waals surface area contributed by atoms with Gasteiger partial charge in [0, 0.05) is 37.1 Å². The molecule has 7 nitrogen and oxygen atoms in total. The van der Waals surface area contributed by atoms with Crippen molar-refractivity contribution in [1.82, 2.24) is 14.8 Å². The predicted molar refractivity (Wildman–Crippen MR) is 117 cm³/mol. The molecule has 3 aromatic rings. The summed E-state index contributed by atoms with van der Waals surface area (Å²) >= 11 is 0. The molecule has 2 aromatic carbocycles. The van der Waals surface area contributed by atoms with Gasteiger partial charge in [-0.3, -0.25) is 4.79 Å². The number of nitrogens with zero attached hydrogens (tertiary/aromatic N) is 2. The van der Waals surface area contributed by atoms with E-state index in [4.69, 9.17) is 9.47 Å². The van der Waals surface area contributed by atoms with E-state index in [1.54, 1.807) is 26.1 Å². The molecule has 0 saturated carbocycles. The van der Waals surface area contributed by atoms with Crippen molar-refractivity contribution < 1.29 is 14.3 Å². The van der Waals surface area contributed by atoms with Gasteiger partial charge in [0.2, 0.25) is 0 Å². The minimum absolute atomic E-state index is 0.173. The van der Waals surface area contributed by atoms with Crippen molar-refractivity contribution in [1.29, 1.82) is 0 Å². The fraction of sp³-hybridized carbons (Fsp3) is 0.304. The summed E-state index contributed by atoms with van der Waals surface area (Å²) in [5, 5.41) is 0.859. The van der Waals surface area contributed by atoms with Gasteiger partial charge in [-0.1, -0.05) is 12.1 Å². The normalized spacial score (nSPS) is 10.7. The van der Waals surface area contributed by atoms with Crippen LogP contribution in [0.15, 0.2) is 53.3 Å². The first-order valence-electron chi connectivity index (χ1n) is 9.79. The number of carbonyl (C=O) groups is 1. The summed E-state index contributed by atoms with van der Waals surface area (Å²) in [5.74, 6) is 1.49. The number of fused-ring (bicyclic) bond motifs is 1. The minimum Gasteiger partial charge on any atom is -0.497 e. The number of amides is 2. The number of nitrogens with one attached hydrogen (secondary N) is 1. The molecule has 3 rings (SSSR count). The molecule has 30 heavy (non-hydrogen) atoms. The third kappa shape index (κ3) is 4.92. The number of aromatic nitrogens is 1. The van der Waals surface area contributed by atoms with Crippen LogP contribution in [-0.4, -0.2) is 48.6 Å². The number of benzene rings is 2. The first-order valence-corrected chi connectivity index (χ1v) is 9.79. The van der Waals surface area contributed by atoms with Gasteiger partial charge in [-0.25, -0.2) is 4.79 Å². The highest BCUT2D eigenvalue weighted by atomic mass is 16.5. The average Bonchev–Trinajstić information content (AvgIpc) is 2.74. The Morgan fingerprint density at radius 1 is 1.00 bits per heavy atom. The van der Waals surface area contributed by atoms with Gasteiger partial charge in [-0.05, 0) is 48.9 Å². The minimum atomic E-state index is -0.210. The Balaban J connectivity index is 1.92. The number of urea groups is 1. The summed E-state index contributed by atoms with van der Waals surface area (Å²) in [4.78, 5) is 31.5. The van der Waals surface area contributed by atoms with E-state index in [2.05, 4.69) is 4.98 Å². The molecular weight excluding hydrogens is 382 g/mol. The topological polar surface area (TPSA) is 74.9 Å². The smallest absolute Gasteiger partial charge is 0.320 e. The van der Waals surface area contributed by atoms with Crippen molar-refractivity contribution in [3.05, 3.63) is 70.0 Å². The van der Waals surface area contributed by atoms with E-state index in [-0.39, 0.29) is 18.1 Å². The van der Waals surface area contributed by atoms with Crippen LogP contribution in [0, 0.1) is 0 Å². The van der Waals surface area contributed by atoms with Crippen molar-refractivity contribution in [2.24, 2.45) is 0 Å². The van der Waals surface area contributed by atoms with Gasteiger partial charge in [0.25, 0.3) is 5.56 Å². The zero-order valence-electron chi connectivity index (χ0n) is 17.8. The van der Waals surface area contributed by atoms with Crippen molar-refractivity contribution in [3.8, 4) is 11.5 Å². The Morgan fingerprint density at radius 2 is 1.70 bits per heavy atom. The molecule has 158 valence electrons. The molecule has 0 radical (unpaired) electrons. The first kappa shape index (κ1) is 21.2. The maximum atomic E-state index is 12.8. The molecule has 0 fully saturated rings. The lowest BCUT2D eigenvalue weighted by molar-refractivity contribution is 0.165. The van der Waals surface area contributed by atoms with Crippen molar-refractivity contribution in [3.63, 3.8) is 0 Å². The summed E-state index contributed by atoms with van der Waals surface area (Å²) in [7, 11) is 5.00. The van der Waals surface area contributed by atoms with Gasteiger partial charge in [-0.2, -0.15) is 0 Å². The Labute approximate surface area is 175 Å². The molecule has 0 unspecified atom stereocenters. The van der Waals surface area contributed by atoms with E-state index in [1.165, 1.54) is 4.90 Å². The lowest BCUT2D eigenvalue weighted by Gasteiger charge is -2.26. The average molecular weight is 409 g/mol. The Bertz CT molecular complexity index is 1070. The SMILES string of the molecule is CCOc1ccc2[nH]c(=O)c(CN(Cc3ccc(OC)cc3)C(=O)N(C)C)cc2c1. The Morgan fingerprint density at radius 3 is 2.33 bits per heavy atom. The molecule has 0 atom stereocenters. The molecule has 0 saturated heterocycles. The van der Waals surface area contributed by atoms with Crippen LogP contribution in [0.5, 0.6) is 11.5 Å². The Kier molecular flexibility index (Phi) is 6.61. The van der Waals surface area contributed by atoms with Gasteiger partial charge >= 0.3 is 6.03 Å². The van der Waals surface area contributed by atoms with Gasteiger partial charge in [0.15, 0.2) is 0 Å². The highest BCUT2D eigenvalue weighted by Gasteiger charge is 2.18. The van der Waals surface area contributed by atoms with Crippen molar-refractivity contribution in [2.45, 2.75) is 20.0 Å². The molecule has 1 N–H and O–H groups in total. The first-order chi connectivity index (χ1) is 14.4. The zero-order valence-corrected chi connectivity index (χ0v) is 17.8. The number of hydrogen-bond donors (Lipinski definition) is 1. The zero-order chi connectivity index (χ0) is 21.7. The fourth-order valence-electron chi connectivity index (χ4n) is 3.23. The van der Waals surface area contributed by atoms with Crippen LogP contribution in [-0.2, 0) is 13.1 Å². The van der Waals surface area contributed by atoms with Crippen LogP contribution in [0.4, 0.5) is 4.79 Å². The molecule has 0 aliphatic carbocycles. The van der Waals surface area contributed by atoms with Crippen LogP contribution < -0.4 is 15.0 Å². The van der Waals surface area contributed by atoms with E-state index in [9.17, 15) is 9.59 Å². The molecule has 0 aliphatic heterocycles. The number of methoxy groups -OCH3 is 1. The standard InChI is InChI=1S/C23H27N3O4/c1-5-30-20-10-11-21-17(13-20)12-18(22(27)24-21)15-26(23(28)25(2)3)14-16-6-8-19(29-4)9-7-16/h6-13H,5,14-15H2,1-4H3,(H,24,27). The molecule has 1 aromatic heterocycles. The third-order valence-electron chi connectivity index (χ3n) is 4.75. The summed E-state index contributed by atoms with van der Waals surface area (Å²) in [5.41, 5.74) is 1.98. The summed E-state index contributed by atoms with van der Waals surface area (Å²) in [6.07, 6.45) is 0. The fourth-order valence-corrected chi connectivity index (χ4v) is 3.23. The lowest BCUT2D eigenvalue weighted by Crippen LogP contribution is -2.39. The van der Waals surface area contributed by atoms with Gasteiger partial charge in [0.1, 0.15) is 11.5 Å². The van der Waals surface area contributed by atoms with Gasteiger partial charge in [-0.15, -0.1) is 0 Å². The largest absolute Gasteiger partial charge is 0.497 e. The van der Waals surface area contributed by atoms with Crippen molar-refractivity contribution in [2.75, 3.05) is 27.8 Å². The van der Waals surface area contributed by atoms with E-state index in [1.807, 2.05) is 55.5 Å². The number of carbonyl (C=O) groups excluding carboxylic acids is 1. The van der Waals surface area contributed by atoms with Crippen LogP contribution in [0.2, 0.25) is 0 Å². The highest BCUT2D eigenvalue weighted by Crippen LogP contribution is 2.20. The van der Waals surface area contributed by atoms with Gasteiger partial charge < -0.3 is 24.3 Å². The maximum absolute atomic E-state index is 12.8. The predicted octanol–water partition coefficient (Wildman–Crippen LogP) is 3.62. The van der Waals surface area contributed by atoms with E-state index >= 15 is 0 Å². The number of hydrogen-bond acceptors (Lipinski definition) is 4. The second-order valence-electron chi connectivity index (χ2n) is 7.19. The monoisotopic (exact) mass is 409 g/mol.